The summed E-state index contributed by atoms with van der Waals surface area (Å²) in [6.07, 6.45) is 0.533. The van der Waals surface area contributed by atoms with E-state index in [0.29, 0.717) is 23.4 Å². The van der Waals surface area contributed by atoms with Crippen LogP contribution in [-0.2, 0) is 10.4 Å². The summed E-state index contributed by atoms with van der Waals surface area (Å²) >= 11 is 2.17. The van der Waals surface area contributed by atoms with E-state index in [2.05, 4.69) is 22.6 Å². The molecule has 0 aliphatic carbocycles. The quantitative estimate of drug-likeness (QED) is 0.578. The minimum Gasteiger partial charge on any atom is -0.375 e. The fourth-order valence-corrected chi connectivity index (χ4v) is 3.45. The third kappa shape index (κ3) is 2.86. The first kappa shape index (κ1) is 17.1. The number of halogens is 1. The third-order valence-corrected chi connectivity index (χ3v) is 4.99. The van der Waals surface area contributed by atoms with E-state index < -0.39 is 11.5 Å². The normalized spacial score (nSPS) is 19.5. The Kier molecular flexibility index (Phi) is 4.73. The van der Waals surface area contributed by atoms with Crippen LogP contribution in [0.3, 0.4) is 0 Å². The van der Waals surface area contributed by atoms with Crippen LogP contribution in [-0.4, -0.2) is 23.3 Å². The predicted octanol–water partition coefficient (Wildman–Crippen LogP) is 3.51. The number of carbonyl (C=O) groups is 2. The van der Waals surface area contributed by atoms with Crippen LogP contribution in [0.5, 0.6) is 0 Å². The van der Waals surface area contributed by atoms with Gasteiger partial charge in [0.25, 0.3) is 5.91 Å². The van der Waals surface area contributed by atoms with E-state index in [-0.39, 0.29) is 12.2 Å². The Labute approximate surface area is 154 Å². The van der Waals surface area contributed by atoms with E-state index in [1.807, 2.05) is 31.2 Å². The van der Waals surface area contributed by atoms with Crippen molar-refractivity contribution in [3.63, 3.8) is 0 Å². The molecule has 0 radical (unpaired) electrons. The van der Waals surface area contributed by atoms with Gasteiger partial charge in [0.05, 0.1) is 12.1 Å². The van der Waals surface area contributed by atoms with E-state index >= 15 is 0 Å². The number of hydrogen-bond donors (Lipinski definition) is 1. The summed E-state index contributed by atoms with van der Waals surface area (Å²) in [7, 11) is 0. The summed E-state index contributed by atoms with van der Waals surface area (Å²) < 4.78 is 1.03. The van der Waals surface area contributed by atoms with Crippen LogP contribution in [0.2, 0.25) is 0 Å². The lowest BCUT2D eigenvalue weighted by Gasteiger charge is -2.22. The third-order valence-electron chi connectivity index (χ3n) is 4.27. The lowest BCUT2D eigenvalue weighted by Crippen LogP contribution is -2.42. The fraction of sp³-hybridized carbons (Fsp3) is 0.263. The molecule has 3 rings (SSSR count). The molecule has 0 spiro atoms. The first-order valence-electron chi connectivity index (χ1n) is 7.90. The molecule has 2 aromatic carbocycles. The second-order valence-corrected chi connectivity index (χ2v) is 7.19. The number of benzene rings is 2. The standard InChI is InChI=1S/C19H18INO3/c1-2-11-21-16-6-4-3-5-15(16)19(24,18(21)23)12-17(22)13-7-9-14(20)10-8-13/h3-10,24H,2,11-12H2,1H3/t19-/m1/s1. The van der Waals surface area contributed by atoms with Crippen LogP contribution in [0.4, 0.5) is 5.69 Å². The number of nitrogens with zero attached hydrogens (tertiary/aromatic N) is 1. The molecule has 0 saturated carbocycles. The Bertz CT molecular complexity index is 787. The number of ketones is 1. The van der Waals surface area contributed by atoms with Gasteiger partial charge in [-0.25, -0.2) is 0 Å². The van der Waals surface area contributed by atoms with Crippen LogP contribution >= 0.6 is 22.6 Å². The SMILES string of the molecule is CCCN1C(=O)[C@@](O)(CC(=O)c2ccc(I)cc2)c2ccccc21. The molecule has 1 heterocycles. The van der Waals surface area contributed by atoms with Crippen molar-refractivity contribution in [1.29, 1.82) is 0 Å². The predicted molar refractivity (Wildman–Crippen MR) is 101 cm³/mol. The maximum absolute atomic E-state index is 12.8. The molecule has 0 bridgehead atoms. The topological polar surface area (TPSA) is 57.6 Å². The lowest BCUT2D eigenvalue weighted by molar-refractivity contribution is -0.135. The molecule has 0 saturated heterocycles. The average Bonchev–Trinajstić information content (AvgIpc) is 2.78. The van der Waals surface area contributed by atoms with Gasteiger partial charge < -0.3 is 10.0 Å². The van der Waals surface area contributed by atoms with E-state index in [1.54, 1.807) is 29.2 Å². The number of Topliss-reactive ketones (excluding diaryl/α,β-unsaturated/α-hetero) is 1. The van der Waals surface area contributed by atoms with Gasteiger partial charge in [0.1, 0.15) is 0 Å². The molecular weight excluding hydrogens is 417 g/mol. The summed E-state index contributed by atoms with van der Waals surface area (Å²) in [6.45, 7) is 2.50. The molecule has 4 nitrogen and oxygen atoms in total. The minimum absolute atomic E-state index is 0.240. The van der Waals surface area contributed by atoms with Crippen LogP contribution in [0.25, 0.3) is 0 Å². The maximum Gasteiger partial charge on any atom is 0.264 e. The lowest BCUT2D eigenvalue weighted by atomic mass is 9.88. The van der Waals surface area contributed by atoms with Crippen molar-refractivity contribution < 1.29 is 14.7 Å². The van der Waals surface area contributed by atoms with Gasteiger partial charge >= 0.3 is 0 Å². The van der Waals surface area contributed by atoms with Gasteiger partial charge in [0, 0.05) is 21.2 Å². The number of para-hydroxylation sites is 1. The second kappa shape index (κ2) is 6.64. The minimum atomic E-state index is -1.79. The first-order valence-corrected chi connectivity index (χ1v) is 8.98. The molecule has 1 amide bonds. The number of aliphatic hydroxyl groups is 1. The highest BCUT2D eigenvalue weighted by molar-refractivity contribution is 14.1. The van der Waals surface area contributed by atoms with Gasteiger partial charge in [-0.3, -0.25) is 9.59 Å². The van der Waals surface area contributed by atoms with E-state index in [1.165, 1.54) is 0 Å². The molecule has 24 heavy (non-hydrogen) atoms. The highest BCUT2D eigenvalue weighted by Crippen LogP contribution is 2.42. The van der Waals surface area contributed by atoms with Gasteiger partial charge in [0.15, 0.2) is 11.4 Å². The van der Waals surface area contributed by atoms with Crippen molar-refractivity contribution in [3.8, 4) is 0 Å². The molecular formula is C19H18INO3. The van der Waals surface area contributed by atoms with Gasteiger partial charge in [-0.2, -0.15) is 0 Å². The molecule has 0 unspecified atom stereocenters. The van der Waals surface area contributed by atoms with Crippen molar-refractivity contribution >= 4 is 40.0 Å². The number of fused-ring (bicyclic) bond motifs is 1. The Balaban J connectivity index is 1.95. The summed E-state index contributed by atoms with van der Waals surface area (Å²) in [6, 6.07) is 14.3. The molecule has 124 valence electrons. The largest absolute Gasteiger partial charge is 0.375 e. The molecule has 1 N–H and O–H groups in total. The van der Waals surface area contributed by atoms with Crippen LogP contribution in [0.15, 0.2) is 48.5 Å². The van der Waals surface area contributed by atoms with Crippen LogP contribution in [0.1, 0.15) is 35.7 Å². The van der Waals surface area contributed by atoms with Crippen molar-refractivity contribution in [2.75, 3.05) is 11.4 Å². The van der Waals surface area contributed by atoms with Gasteiger partial charge in [0.2, 0.25) is 0 Å². The van der Waals surface area contributed by atoms with Crippen molar-refractivity contribution in [2.24, 2.45) is 0 Å². The van der Waals surface area contributed by atoms with Crippen molar-refractivity contribution in [3.05, 3.63) is 63.2 Å². The Morgan fingerprint density at radius 3 is 2.50 bits per heavy atom. The average molecular weight is 435 g/mol. The highest BCUT2D eigenvalue weighted by Gasteiger charge is 2.50. The zero-order valence-corrected chi connectivity index (χ0v) is 15.5. The number of anilines is 1. The Hall–Kier alpha value is -1.73. The van der Waals surface area contributed by atoms with Gasteiger partial charge in [-0.05, 0) is 47.2 Å². The number of hydrogen-bond acceptors (Lipinski definition) is 3. The van der Waals surface area contributed by atoms with Gasteiger partial charge in [-0.1, -0.05) is 37.3 Å². The van der Waals surface area contributed by atoms with Gasteiger partial charge in [-0.15, -0.1) is 0 Å². The zero-order valence-electron chi connectivity index (χ0n) is 13.3. The molecule has 2 aromatic rings. The molecule has 1 aliphatic heterocycles. The highest BCUT2D eigenvalue weighted by atomic mass is 127. The van der Waals surface area contributed by atoms with Crippen molar-refractivity contribution in [2.45, 2.75) is 25.4 Å². The monoisotopic (exact) mass is 435 g/mol. The Morgan fingerprint density at radius 1 is 1.17 bits per heavy atom. The van der Waals surface area contributed by atoms with E-state index in [0.717, 1.165) is 9.99 Å². The molecule has 5 heteroatoms. The van der Waals surface area contributed by atoms with Crippen LogP contribution < -0.4 is 4.90 Å². The summed E-state index contributed by atoms with van der Waals surface area (Å²) in [5.74, 6) is -0.653. The second-order valence-electron chi connectivity index (χ2n) is 5.94. The molecule has 0 fully saturated rings. The Morgan fingerprint density at radius 2 is 1.83 bits per heavy atom. The summed E-state index contributed by atoms with van der Waals surface area (Å²) in [5.41, 5.74) is -0.0705. The fourth-order valence-electron chi connectivity index (χ4n) is 3.09. The summed E-state index contributed by atoms with van der Waals surface area (Å²) in [5, 5.41) is 11.1. The molecule has 1 atom stereocenters. The molecule has 0 aromatic heterocycles. The van der Waals surface area contributed by atoms with E-state index in [4.69, 9.17) is 0 Å². The molecule has 1 aliphatic rings. The van der Waals surface area contributed by atoms with Crippen LogP contribution in [0, 0.1) is 3.57 Å². The van der Waals surface area contributed by atoms with E-state index in [9.17, 15) is 14.7 Å². The number of carbonyl (C=O) groups excluding carboxylic acids is 2. The number of amides is 1. The number of rotatable bonds is 5. The zero-order chi connectivity index (χ0) is 17.3. The smallest absolute Gasteiger partial charge is 0.264 e. The summed E-state index contributed by atoms with van der Waals surface area (Å²) in [4.78, 5) is 27.0. The van der Waals surface area contributed by atoms with Crippen molar-refractivity contribution in [1.82, 2.24) is 0 Å². The maximum atomic E-state index is 12.8. The first-order chi connectivity index (χ1) is 11.5.